The molecule has 1 amide bonds. The Hall–Kier alpha value is -1.71. The number of aromatic hydroxyl groups is 1. The van der Waals surface area contributed by atoms with E-state index in [0.29, 0.717) is 0 Å². The van der Waals surface area contributed by atoms with Gasteiger partial charge in [-0.3, -0.25) is 0 Å². The molecule has 1 aromatic carbocycles. The van der Waals surface area contributed by atoms with Crippen molar-refractivity contribution in [3.05, 3.63) is 24.3 Å². The van der Waals surface area contributed by atoms with Gasteiger partial charge in [-0.15, -0.1) is 0 Å². The van der Waals surface area contributed by atoms with Crippen molar-refractivity contribution >= 4 is 6.09 Å². The smallest absolute Gasteiger partial charge is 0.412 e. The van der Waals surface area contributed by atoms with Gasteiger partial charge in [-0.2, -0.15) is 0 Å². The second kappa shape index (κ2) is 3.61. The Balaban J connectivity index is 2.75. The topological polar surface area (TPSA) is 58.6 Å². The molecule has 0 aliphatic carbocycles. The van der Waals surface area contributed by atoms with Crippen LogP contribution in [0.2, 0.25) is 0 Å². The van der Waals surface area contributed by atoms with E-state index in [1.165, 1.54) is 19.2 Å². The average Bonchev–Trinajstić information content (AvgIpc) is 2.09. The van der Waals surface area contributed by atoms with E-state index in [1.54, 1.807) is 12.1 Å². The van der Waals surface area contributed by atoms with Crippen molar-refractivity contribution in [3.63, 3.8) is 0 Å². The summed E-state index contributed by atoms with van der Waals surface area (Å²) in [5, 5.41) is 11.4. The summed E-state index contributed by atoms with van der Waals surface area (Å²) >= 11 is 0. The van der Waals surface area contributed by atoms with Crippen molar-refractivity contribution in [2.24, 2.45) is 0 Å². The predicted molar refractivity (Wildman–Crippen MR) is 43.2 cm³/mol. The largest absolute Gasteiger partial charge is 0.504 e. The van der Waals surface area contributed by atoms with Gasteiger partial charge in [-0.05, 0) is 12.1 Å². The first kappa shape index (κ1) is 8.39. The zero-order valence-electron chi connectivity index (χ0n) is 6.57. The molecule has 0 heterocycles. The van der Waals surface area contributed by atoms with E-state index in [1.807, 2.05) is 0 Å². The highest BCUT2D eigenvalue weighted by molar-refractivity contribution is 5.70. The van der Waals surface area contributed by atoms with E-state index < -0.39 is 6.09 Å². The Morgan fingerprint density at radius 2 is 2.17 bits per heavy atom. The highest BCUT2D eigenvalue weighted by atomic mass is 16.6. The van der Waals surface area contributed by atoms with Gasteiger partial charge in [0.15, 0.2) is 11.5 Å². The molecule has 12 heavy (non-hydrogen) atoms. The second-order valence-corrected chi connectivity index (χ2v) is 2.11. The van der Waals surface area contributed by atoms with E-state index in [9.17, 15) is 4.79 Å². The van der Waals surface area contributed by atoms with Gasteiger partial charge >= 0.3 is 6.09 Å². The lowest BCUT2D eigenvalue weighted by Crippen LogP contribution is -2.21. The van der Waals surface area contributed by atoms with Crippen LogP contribution < -0.4 is 10.1 Å². The van der Waals surface area contributed by atoms with Crippen LogP contribution in [0, 0.1) is 0 Å². The first-order valence-electron chi connectivity index (χ1n) is 3.41. The Kier molecular flexibility index (Phi) is 2.53. The van der Waals surface area contributed by atoms with E-state index >= 15 is 0 Å². The number of nitrogens with one attached hydrogen (secondary N) is 1. The maximum Gasteiger partial charge on any atom is 0.412 e. The minimum Gasteiger partial charge on any atom is -0.504 e. The van der Waals surface area contributed by atoms with E-state index in [4.69, 9.17) is 9.84 Å². The molecule has 0 aromatic heterocycles. The molecule has 1 aromatic rings. The highest BCUT2D eigenvalue weighted by Gasteiger charge is 2.04. The van der Waals surface area contributed by atoms with Crippen molar-refractivity contribution in [1.82, 2.24) is 5.32 Å². The van der Waals surface area contributed by atoms with E-state index in [0.717, 1.165) is 0 Å². The fraction of sp³-hybridized carbons (Fsp3) is 0.125. The molecule has 0 atom stereocenters. The summed E-state index contributed by atoms with van der Waals surface area (Å²) in [5.41, 5.74) is 0. The third kappa shape index (κ3) is 1.88. The minimum atomic E-state index is -0.600. The molecule has 0 fully saturated rings. The lowest BCUT2D eigenvalue weighted by molar-refractivity contribution is 0.201. The van der Waals surface area contributed by atoms with Crippen molar-refractivity contribution in [3.8, 4) is 11.5 Å². The van der Waals surface area contributed by atoms with Crippen LogP contribution in [-0.2, 0) is 0 Å². The monoisotopic (exact) mass is 167 g/mol. The summed E-state index contributed by atoms with van der Waals surface area (Å²) in [6.45, 7) is 0. The number of hydrogen-bond donors (Lipinski definition) is 2. The maximum atomic E-state index is 10.7. The van der Waals surface area contributed by atoms with Gasteiger partial charge in [0, 0.05) is 7.05 Å². The molecule has 0 aliphatic rings. The highest BCUT2D eigenvalue weighted by Crippen LogP contribution is 2.23. The summed E-state index contributed by atoms with van der Waals surface area (Å²) < 4.78 is 4.69. The number of benzene rings is 1. The number of carbonyl (C=O) groups excluding carboxylic acids is 1. The van der Waals surface area contributed by atoms with Gasteiger partial charge in [-0.25, -0.2) is 4.79 Å². The fourth-order valence-electron chi connectivity index (χ4n) is 0.694. The van der Waals surface area contributed by atoms with Crippen LogP contribution in [0.4, 0.5) is 4.79 Å². The molecule has 4 heteroatoms. The summed E-state index contributed by atoms with van der Waals surface area (Å²) in [5.74, 6) is 0.0953. The Bertz CT molecular complexity index is 285. The zero-order valence-corrected chi connectivity index (χ0v) is 6.57. The number of amides is 1. The molecule has 64 valence electrons. The number of rotatable bonds is 1. The molecule has 1 rings (SSSR count). The molecule has 0 saturated carbocycles. The molecule has 0 radical (unpaired) electrons. The lowest BCUT2D eigenvalue weighted by Gasteiger charge is -2.03. The van der Waals surface area contributed by atoms with Crippen LogP contribution in [0.15, 0.2) is 24.3 Å². The molecule has 0 bridgehead atoms. The van der Waals surface area contributed by atoms with Crippen molar-refractivity contribution in [2.75, 3.05) is 7.05 Å². The average molecular weight is 167 g/mol. The SMILES string of the molecule is CNC(=O)Oc1ccccc1O. The number of ether oxygens (including phenoxy) is 1. The van der Waals surface area contributed by atoms with Gasteiger partial charge in [-0.1, -0.05) is 12.1 Å². The fourth-order valence-corrected chi connectivity index (χ4v) is 0.694. The Labute approximate surface area is 69.8 Å². The summed E-state index contributed by atoms with van der Waals surface area (Å²) in [4.78, 5) is 10.7. The number of phenolic OH excluding ortho intramolecular Hbond substituents is 1. The molecule has 0 spiro atoms. The van der Waals surface area contributed by atoms with Crippen molar-refractivity contribution in [1.29, 1.82) is 0 Å². The Morgan fingerprint density at radius 3 is 2.75 bits per heavy atom. The van der Waals surface area contributed by atoms with Crippen LogP contribution in [0.1, 0.15) is 0 Å². The van der Waals surface area contributed by atoms with Crippen LogP contribution in [0.3, 0.4) is 0 Å². The number of para-hydroxylation sites is 2. The van der Waals surface area contributed by atoms with Crippen LogP contribution in [0.25, 0.3) is 0 Å². The zero-order chi connectivity index (χ0) is 8.97. The number of phenols is 1. The molecule has 0 aliphatic heterocycles. The molecule has 4 nitrogen and oxygen atoms in total. The third-order valence-corrected chi connectivity index (χ3v) is 1.27. The normalized spacial score (nSPS) is 9.08. The number of hydrogen-bond acceptors (Lipinski definition) is 3. The van der Waals surface area contributed by atoms with Crippen molar-refractivity contribution in [2.45, 2.75) is 0 Å². The molecular formula is C8H9NO3. The molecular weight excluding hydrogens is 158 g/mol. The quantitative estimate of drug-likeness (QED) is 0.658. The summed E-state index contributed by atoms with van der Waals surface area (Å²) in [6, 6.07) is 6.26. The summed E-state index contributed by atoms with van der Waals surface area (Å²) in [7, 11) is 1.45. The standard InChI is InChI=1S/C8H9NO3/c1-9-8(11)12-7-5-3-2-4-6(7)10/h2-5,10H,1H3,(H,9,11). The Morgan fingerprint density at radius 1 is 1.50 bits per heavy atom. The van der Waals surface area contributed by atoms with E-state index in [-0.39, 0.29) is 11.5 Å². The minimum absolute atomic E-state index is 0.0545. The third-order valence-electron chi connectivity index (χ3n) is 1.27. The van der Waals surface area contributed by atoms with Crippen LogP contribution >= 0.6 is 0 Å². The molecule has 0 unspecified atom stereocenters. The lowest BCUT2D eigenvalue weighted by atomic mass is 10.3. The first-order chi connectivity index (χ1) is 5.74. The second-order valence-electron chi connectivity index (χ2n) is 2.11. The predicted octanol–water partition coefficient (Wildman–Crippen LogP) is 1.11. The summed E-state index contributed by atoms with van der Waals surface area (Å²) in [6.07, 6.45) is -0.600. The van der Waals surface area contributed by atoms with Gasteiger partial charge < -0.3 is 15.2 Å². The van der Waals surface area contributed by atoms with Gasteiger partial charge in [0.1, 0.15) is 0 Å². The van der Waals surface area contributed by atoms with Crippen LogP contribution in [0.5, 0.6) is 11.5 Å². The van der Waals surface area contributed by atoms with Crippen molar-refractivity contribution < 1.29 is 14.6 Å². The first-order valence-corrected chi connectivity index (χ1v) is 3.41. The van der Waals surface area contributed by atoms with E-state index in [2.05, 4.69) is 5.32 Å². The van der Waals surface area contributed by atoms with Crippen LogP contribution in [-0.4, -0.2) is 18.2 Å². The molecule has 2 N–H and O–H groups in total. The van der Waals surface area contributed by atoms with Gasteiger partial charge in [0.2, 0.25) is 0 Å². The van der Waals surface area contributed by atoms with Gasteiger partial charge in [0.25, 0.3) is 0 Å². The molecule has 0 saturated heterocycles. The van der Waals surface area contributed by atoms with Gasteiger partial charge in [0.05, 0.1) is 0 Å². The number of carbonyl (C=O) groups is 1. The maximum absolute atomic E-state index is 10.7.